The molecule has 46 heavy (non-hydrogen) atoms. The number of hydrogen-bond acceptors (Lipinski definition) is 9. The molecule has 1 atom stereocenters. The Morgan fingerprint density at radius 2 is 1.46 bits per heavy atom. The van der Waals surface area contributed by atoms with Gasteiger partial charge in [0, 0.05) is 45.5 Å². The van der Waals surface area contributed by atoms with E-state index in [4.69, 9.17) is 41.2 Å². The van der Waals surface area contributed by atoms with E-state index in [9.17, 15) is 15.3 Å². The number of carbonyl (C=O) groups is 1. The first kappa shape index (κ1) is 36.9. The Balaban J connectivity index is 1.67. The Labute approximate surface area is 282 Å². The van der Waals surface area contributed by atoms with E-state index < -0.39 is 8.80 Å². The molecule has 3 rings (SSSR count). The Bertz CT molecular complexity index is 1580. The van der Waals surface area contributed by atoms with E-state index >= 15 is 0 Å². The fourth-order valence-corrected chi connectivity index (χ4v) is 8.18. The number of hydrogen-bond donors (Lipinski definition) is 3. The standard InChI is InChI=1S/C33H41Cl2N5O5Si/c1-6-43-46(44-7-2,45-8-3)17-9-14-38-31-27(20-36)29(34)30(35)32(28(31)21-37)39-15-16-40-33(41)22(4)23-10-11-25-19-26(42-5)13-12-24(25)18-23/h10-13,18-19,22,38-39H,6-9,14-17H2,1-5H3,(H,40,41). The van der Waals surface area contributed by atoms with Gasteiger partial charge in [0.25, 0.3) is 0 Å². The second-order valence-electron chi connectivity index (χ2n) is 10.3. The average Bonchev–Trinajstić information content (AvgIpc) is 3.06. The predicted octanol–water partition coefficient (Wildman–Crippen LogP) is 7.08. The molecule has 0 heterocycles. The van der Waals surface area contributed by atoms with Gasteiger partial charge in [-0.15, -0.1) is 0 Å². The van der Waals surface area contributed by atoms with Gasteiger partial charge < -0.3 is 34.0 Å². The van der Waals surface area contributed by atoms with Gasteiger partial charge in [-0.1, -0.05) is 47.5 Å². The molecule has 0 aromatic heterocycles. The number of rotatable bonds is 18. The third-order valence-electron chi connectivity index (χ3n) is 7.35. The van der Waals surface area contributed by atoms with Crippen LogP contribution in [-0.2, 0) is 18.1 Å². The van der Waals surface area contributed by atoms with Crippen molar-refractivity contribution in [2.45, 2.75) is 46.1 Å². The Morgan fingerprint density at radius 1 is 0.848 bits per heavy atom. The summed E-state index contributed by atoms with van der Waals surface area (Å²) < 4.78 is 23.1. The second-order valence-corrected chi connectivity index (χ2v) is 13.8. The predicted molar refractivity (Wildman–Crippen MR) is 185 cm³/mol. The Kier molecular flexibility index (Phi) is 14.4. The number of nitriles is 2. The van der Waals surface area contributed by atoms with Crippen LogP contribution in [0.5, 0.6) is 5.75 Å². The lowest BCUT2D eigenvalue weighted by molar-refractivity contribution is -0.122. The van der Waals surface area contributed by atoms with Crippen molar-refractivity contribution in [3.05, 3.63) is 63.1 Å². The number of nitrogens with zero attached hydrogens (tertiary/aromatic N) is 2. The highest BCUT2D eigenvalue weighted by molar-refractivity contribution is 6.60. The molecular formula is C33H41Cl2N5O5Si. The van der Waals surface area contributed by atoms with E-state index in [0.29, 0.717) is 38.8 Å². The molecule has 0 saturated heterocycles. The van der Waals surface area contributed by atoms with Crippen molar-refractivity contribution in [1.29, 1.82) is 10.5 Å². The van der Waals surface area contributed by atoms with Crippen LogP contribution in [0.3, 0.4) is 0 Å². The summed E-state index contributed by atoms with van der Waals surface area (Å²) in [6, 6.07) is 16.5. The molecule has 0 radical (unpaired) electrons. The van der Waals surface area contributed by atoms with Gasteiger partial charge >= 0.3 is 8.80 Å². The normalized spacial score (nSPS) is 11.8. The number of amides is 1. The van der Waals surface area contributed by atoms with Gasteiger partial charge in [-0.2, -0.15) is 10.5 Å². The van der Waals surface area contributed by atoms with Gasteiger partial charge in [0.05, 0.1) is 40.0 Å². The van der Waals surface area contributed by atoms with E-state index in [1.54, 1.807) is 7.11 Å². The maximum atomic E-state index is 13.0. The summed E-state index contributed by atoms with van der Waals surface area (Å²) >= 11 is 13.0. The second kappa shape index (κ2) is 18.0. The van der Waals surface area contributed by atoms with Crippen molar-refractivity contribution < 1.29 is 22.8 Å². The third kappa shape index (κ3) is 9.04. The van der Waals surface area contributed by atoms with Crippen molar-refractivity contribution in [3.63, 3.8) is 0 Å². The number of ether oxygens (including phenoxy) is 1. The Hall–Kier alpha value is -3.55. The molecule has 0 spiro atoms. The minimum atomic E-state index is -2.85. The minimum Gasteiger partial charge on any atom is -0.497 e. The Morgan fingerprint density at radius 3 is 2.07 bits per heavy atom. The van der Waals surface area contributed by atoms with Crippen molar-refractivity contribution in [2.75, 3.05) is 57.2 Å². The largest absolute Gasteiger partial charge is 0.500 e. The van der Waals surface area contributed by atoms with Crippen molar-refractivity contribution in [1.82, 2.24) is 5.32 Å². The molecule has 13 heteroatoms. The zero-order chi connectivity index (χ0) is 33.7. The summed E-state index contributed by atoms with van der Waals surface area (Å²) in [7, 11) is -1.23. The molecule has 246 valence electrons. The summed E-state index contributed by atoms with van der Waals surface area (Å²) in [5.41, 5.74) is 1.68. The first-order valence-corrected chi connectivity index (χ1v) is 18.0. The number of benzene rings is 3. The van der Waals surface area contributed by atoms with E-state index in [-0.39, 0.29) is 57.5 Å². The van der Waals surface area contributed by atoms with Crippen LogP contribution < -0.4 is 20.7 Å². The van der Waals surface area contributed by atoms with Gasteiger partial charge in [-0.3, -0.25) is 4.79 Å². The lowest BCUT2D eigenvalue weighted by Crippen LogP contribution is -2.46. The first-order valence-electron chi connectivity index (χ1n) is 15.3. The van der Waals surface area contributed by atoms with Gasteiger partial charge in [-0.05, 0) is 62.6 Å². The highest BCUT2D eigenvalue weighted by Crippen LogP contribution is 2.41. The smallest absolute Gasteiger partial charge is 0.497 e. The van der Waals surface area contributed by atoms with Crippen LogP contribution in [0.1, 0.15) is 56.7 Å². The van der Waals surface area contributed by atoms with Crippen LogP contribution >= 0.6 is 23.2 Å². The van der Waals surface area contributed by atoms with Crippen LogP contribution in [-0.4, -0.2) is 61.3 Å². The molecule has 0 aliphatic rings. The van der Waals surface area contributed by atoms with E-state index in [1.807, 2.05) is 64.1 Å². The number of carbonyl (C=O) groups excluding carboxylic acids is 1. The molecule has 1 unspecified atom stereocenters. The highest BCUT2D eigenvalue weighted by Gasteiger charge is 2.39. The molecule has 0 bridgehead atoms. The van der Waals surface area contributed by atoms with Crippen LogP contribution in [0.2, 0.25) is 16.1 Å². The zero-order valence-corrected chi connectivity index (χ0v) is 29.4. The number of anilines is 2. The lowest BCUT2D eigenvalue weighted by atomic mass is 9.97. The molecule has 3 N–H and O–H groups in total. The van der Waals surface area contributed by atoms with Crippen LogP contribution in [0, 0.1) is 22.7 Å². The van der Waals surface area contributed by atoms with Crippen molar-refractivity contribution >= 4 is 60.1 Å². The van der Waals surface area contributed by atoms with E-state index in [2.05, 4.69) is 28.1 Å². The molecule has 3 aromatic carbocycles. The first-order chi connectivity index (χ1) is 22.2. The van der Waals surface area contributed by atoms with Gasteiger partial charge in [0.2, 0.25) is 5.91 Å². The average molecular weight is 687 g/mol. The summed E-state index contributed by atoms with van der Waals surface area (Å²) in [6.07, 6.45) is 0.598. The van der Waals surface area contributed by atoms with Crippen LogP contribution in [0.25, 0.3) is 10.8 Å². The fraction of sp³-hybridized carbons (Fsp3) is 0.424. The fourth-order valence-electron chi connectivity index (χ4n) is 5.08. The quantitative estimate of drug-likeness (QED) is 0.0947. The number of fused-ring (bicyclic) bond motifs is 1. The lowest BCUT2D eigenvalue weighted by Gasteiger charge is -2.28. The van der Waals surface area contributed by atoms with Crippen LogP contribution in [0.4, 0.5) is 11.4 Å². The maximum absolute atomic E-state index is 13.0. The molecule has 0 saturated carbocycles. The molecule has 1 amide bonds. The van der Waals surface area contributed by atoms with E-state index in [0.717, 1.165) is 22.1 Å². The molecule has 0 aliphatic carbocycles. The van der Waals surface area contributed by atoms with Crippen molar-refractivity contribution in [3.8, 4) is 17.9 Å². The summed E-state index contributed by atoms with van der Waals surface area (Å²) in [6.45, 7) is 9.87. The van der Waals surface area contributed by atoms with E-state index in [1.165, 1.54) is 0 Å². The number of nitrogens with one attached hydrogen (secondary N) is 3. The molecule has 10 nitrogen and oxygen atoms in total. The highest BCUT2D eigenvalue weighted by atomic mass is 35.5. The van der Waals surface area contributed by atoms with Gasteiger partial charge in [-0.25, -0.2) is 0 Å². The maximum Gasteiger partial charge on any atom is 0.500 e. The number of halogens is 2. The molecule has 0 fully saturated rings. The third-order valence-corrected chi connectivity index (χ3v) is 11.4. The summed E-state index contributed by atoms with van der Waals surface area (Å²) in [4.78, 5) is 13.0. The van der Waals surface area contributed by atoms with Gasteiger partial charge in [0.1, 0.15) is 23.5 Å². The molecular weight excluding hydrogens is 645 g/mol. The summed E-state index contributed by atoms with van der Waals surface area (Å²) in [5, 5.41) is 31.4. The SMILES string of the molecule is CCO[Si](CCCNc1c(C#N)c(Cl)c(Cl)c(NCCNC(=O)C(C)c2ccc3cc(OC)ccc3c2)c1C#N)(OCC)OCC. The van der Waals surface area contributed by atoms with Crippen molar-refractivity contribution in [2.24, 2.45) is 0 Å². The topological polar surface area (TPSA) is 138 Å². The van der Waals surface area contributed by atoms with Crippen LogP contribution in [0.15, 0.2) is 36.4 Å². The monoisotopic (exact) mass is 685 g/mol. The number of methoxy groups -OCH3 is 1. The minimum absolute atomic E-state index is 0.0291. The summed E-state index contributed by atoms with van der Waals surface area (Å²) in [5.74, 6) is 0.238. The molecule has 0 aliphatic heterocycles. The van der Waals surface area contributed by atoms with Gasteiger partial charge in [0.15, 0.2) is 0 Å². The molecule has 3 aromatic rings. The zero-order valence-electron chi connectivity index (χ0n) is 26.9.